The van der Waals surface area contributed by atoms with Gasteiger partial charge in [0.15, 0.2) is 10.9 Å². The summed E-state index contributed by atoms with van der Waals surface area (Å²) in [7, 11) is 1.29. The largest absolute Gasteiger partial charge is 0.500 e. The van der Waals surface area contributed by atoms with Crippen LogP contribution in [0.2, 0.25) is 0 Å². The van der Waals surface area contributed by atoms with Crippen molar-refractivity contribution in [3.8, 4) is 11.5 Å². The molecule has 1 aliphatic rings. The number of aromatic hydroxyl groups is 1. The number of amidine groups is 1. The predicted octanol–water partition coefficient (Wildman–Crippen LogP) is 3.76. The van der Waals surface area contributed by atoms with Gasteiger partial charge in [0.1, 0.15) is 0 Å². The first-order chi connectivity index (χ1) is 13.4. The highest BCUT2D eigenvalue weighted by Gasteiger charge is 2.25. The van der Waals surface area contributed by atoms with Crippen LogP contribution in [0.15, 0.2) is 46.3 Å². The zero-order chi connectivity index (χ0) is 20.3. The van der Waals surface area contributed by atoms with Gasteiger partial charge in [0.25, 0.3) is 5.91 Å². The smallest absolute Gasteiger partial charge is 0.315 e. The monoisotopic (exact) mass is 399 g/mol. The van der Waals surface area contributed by atoms with Gasteiger partial charge in [-0.1, -0.05) is 19.1 Å². The van der Waals surface area contributed by atoms with Crippen LogP contribution in [0.25, 0.3) is 6.08 Å². The third-order valence-corrected chi connectivity index (χ3v) is 4.93. The molecule has 144 valence electrons. The molecule has 3 rings (SSSR count). The van der Waals surface area contributed by atoms with Crippen LogP contribution in [0.1, 0.15) is 18.1 Å². The quantitative estimate of drug-likeness (QED) is 0.449. The van der Waals surface area contributed by atoms with Crippen LogP contribution >= 0.6 is 11.8 Å². The first-order valence-electron chi connectivity index (χ1n) is 8.35. The van der Waals surface area contributed by atoms with E-state index >= 15 is 0 Å². The number of benzene rings is 2. The highest BCUT2D eigenvalue weighted by molar-refractivity contribution is 8.18. The summed E-state index contributed by atoms with van der Waals surface area (Å²) < 4.78 is 4.97. The predicted molar refractivity (Wildman–Crippen MR) is 108 cm³/mol. The molecule has 2 N–H and O–H groups in total. The molecule has 9 heteroatoms. The number of aryl methyl sites for hydroxylation is 1. The number of carbonyl (C=O) groups is 1. The fourth-order valence-corrected chi connectivity index (χ4v) is 3.39. The molecule has 1 saturated heterocycles. The van der Waals surface area contributed by atoms with Crippen LogP contribution < -0.4 is 10.1 Å². The van der Waals surface area contributed by atoms with Gasteiger partial charge in [0.05, 0.1) is 22.6 Å². The van der Waals surface area contributed by atoms with E-state index in [0.29, 0.717) is 21.3 Å². The summed E-state index contributed by atoms with van der Waals surface area (Å²) in [4.78, 5) is 27.3. The van der Waals surface area contributed by atoms with Gasteiger partial charge < -0.3 is 15.2 Å². The minimum absolute atomic E-state index is 0.0469. The summed E-state index contributed by atoms with van der Waals surface area (Å²) in [6.07, 6.45) is 2.41. The summed E-state index contributed by atoms with van der Waals surface area (Å²) >= 11 is 1.13. The molecule has 8 nitrogen and oxygen atoms in total. The lowest BCUT2D eigenvalue weighted by atomic mass is 10.1. The van der Waals surface area contributed by atoms with E-state index in [-0.39, 0.29) is 11.7 Å². The van der Waals surface area contributed by atoms with Crippen molar-refractivity contribution in [3.63, 3.8) is 0 Å². The molecule has 0 unspecified atom stereocenters. The van der Waals surface area contributed by atoms with Crippen LogP contribution in [0, 0.1) is 10.1 Å². The van der Waals surface area contributed by atoms with Gasteiger partial charge in [-0.3, -0.25) is 14.9 Å². The Kier molecular flexibility index (Phi) is 5.65. The van der Waals surface area contributed by atoms with E-state index in [2.05, 4.69) is 17.2 Å². The van der Waals surface area contributed by atoms with Gasteiger partial charge in [-0.15, -0.1) is 0 Å². The lowest BCUT2D eigenvalue weighted by Gasteiger charge is -2.05. The number of nitrogens with zero attached hydrogens (tertiary/aromatic N) is 2. The Labute approximate surface area is 165 Å². The van der Waals surface area contributed by atoms with E-state index in [1.807, 2.05) is 24.3 Å². The van der Waals surface area contributed by atoms with Crippen molar-refractivity contribution in [2.75, 3.05) is 7.11 Å². The summed E-state index contributed by atoms with van der Waals surface area (Å²) in [5, 5.41) is 24.0. The molecule has 0 saturated carbocycles. The Morgan fingerprint density at radius 3 is 2.64 bits per heavy atom. The number of aliphatic imine (C=N–C) groups is 1. The number of nitro benzene ring substituents is 1. The number of thioether (sulfide) groups is 1. The van der Waals surface area contributed by atoms with Gasteiger partial charge in [0.2, 0.25) is 5.75 Å². The standard InChI is InChI=1S/C19H17N3O5S/c1-3-11-4-6-13(7-5-11)20-19-21-18(24)16(28-19)10-12-8-14(22(25)26)17(23)15(9-12)27-2/h4-10,23H,3H2,1-2H3,(H,20,21,24)/b16-10-. The average Bonchev–Trinajstić information content (AvgIpc) is 3.02. The van der Waals surface area contributed by atoms with Crippen LogP contribution in [0.5, 0.6) is 11.5 Å². The fourth-order valence-electron chi connectivity index (χ4n) is 2.55. The lowest BCUT2D eigenvalue weighted by molar-refractivity contribution is -0.386. The topological polar surface area (TPSA) is 114 Å². The number of phenols is 1. The molecular weight excluding hydrogens is 382 g/mol. The Hall–Kier alpha value is -3.33. The number of hydrogen-bond acceptors (Lipinski definition) is 7. The van der Waals surface area contributed by atoms with E-state index in [9.17, 15) is 20.0 Å². The van der Waals surface area contributed by atoms with Crippen LogP contribution in [0.3, 0.4) is 0 Å². The molecule has 28 heavy (non-hydrogen) atoms. The zero-order valence-corrected chi connectivity index (χ0v) is 15.9. The number of nitro groups is 1. The number of methoxy groups -OCH3 is 1. The van der Waals surface area contributed by atoms with Crippen molar-refractivity contribution >= 4 is 40.3 Å². The van der Waals surface area contributed by atoms with E-state index in [1.54, 1.807) is 0 Å². The third kappa shape index (κ3) is 4.15. The molecule has 0 radical (unpaired) electrons. The molecular formula is C19H17N3O5S. The minimum Gasteiger partial charge on any atom is -0.500 e. The highest BCUT2D eigenvalue weighted by Crippen LogP contribution is 2.38. The SMILES string of the molecule is CCc1ccc(N=C2NC(=O)/C(=C/c3cc(OC)c(O)c([N+](=O)[O-])c3)S2)cc1. The maximum absolute atomic E-state index is 12.2. The van der Waals surface area contributed by atoms with Crippen molar-refractivity contribution in [1.29, 1.82) is 0 Å². The molecule has 1 heterocycles. The van der Waals surface area contributed by atoms with E-state index in [0.717, 1.165) is 18.2 Å². The average molecular weight is 399 g/mol. The maximum Gasteiger partial charge on any atom is 0.315 e. The van der Waals surface area contributed by atoms with Gasteiger partial charge in [0, 0.05) is 6.07 Å². The summed E-state index contributed by atoms with van der Waals surface area (Å²) in [5.41, 5.74) is 1.76. The molecule has 0 atom stereocenters. The van der Waals surface area contributed by atoms with Gasteiger partial charge in [-0.2, -0.15) is 0 Å². The summed E-state index contributed by atoms with van der Waals surface area (Å²) in [6.45, 7) is 2.06. The molecule has 2 aromatic carbocycles. The zero-order valence-electron chi connectivity index (χ0n) is 15.1. The molecule has 0 spiro atoms. The summed E-state index contributed by atoms with van der Waals surface area (Å²) in [5.74, 6) is -0.964. The molecule has 0 aromatic heterocycles. The fraction of sp³-hybridized carbons (Fsp3) is 0.158. The van der Waals surface area contributed by atoms with E-state index in [4.69, 9.17) is 4.74 Å². The molecule has 2 aromatic rings. The van der Waals surface area contributed by atoms with Crippen molar-refractivity contribution in [1.82, 2.24) is 5.32 Å². The number of nitrogens with one attached hydrogen (secondary N) is 1. The second-order valence-corrected chi connectivity index (χ2v) is 6.88. The van der Waals surface area contributed by atoms with Gasteiger partial charge >= 0.3 is 5.69 Å². The van der Waals surface area contributed by atoms with Crippen molar-refractivity contribution < 1.29 is 19.6 Å². The van der Waals surface area contributed by atoms with Gasteiger partial charge in [-0.05, 0) is 53.6 Å². The molecule has 0 bridgehead atoms. The van der Waals surface area contributed by atoms with Gasteiger partial charge in [-0.25, -0.2) is 4.99 Å². The van der Waals surface area contributed by atoms with E-state index < -0.39 is 16.4 Å². The maximum atomic E-state index is 12.2. The van der Waals surface area contributed by atoms with Crippen LogP contribution in [-0.2, 0) is 11.2 Å². The Bertz CT molecular complexity index is 999. The minimum atomic E-state index is -0.714. The number of hydrogen-bond donors (Lipinski definition) is 2. The number of ether oxygens (including phenoxy) is 1. The number of carbonyl (C=O) groups excluding carboxylic acids is 1. The molecule has 1 fully saturated rings. The van der Waals surface area contributed by atoms with E-state index in [1.165, 1.54) is 30.9 Å². The molecule has 0 aliphatic carbocycles. The molecule has 1 amide bonds. The Morgan fingerprint density at radius 2 is 2.04 bits per heavy atom. The second-order valence-electron chi connectivity index (χ2n) is 5.85. The van der Waals surface area contributed by atoms with Crippen LogP contribution in [0.4, 0.5) is 11.4 Å². The number of phenolic OH excluding ortho intramolecular Hbond substituents is 1. The Morgan fingerprint density at radius 1 is 1.32 bits per heavy atom. The first kappa shape index (κ1) is 19.4. The van der Waals surface area contributed by atoms with Crippen LogP contribution in [-0.4, -0.2) is 28.2 Å². The van der Waals surface area contributed by atoms with Crippen molar-refractivity contribution in [3.05, 3.63) is 62.5 Å². The lowest BCUT2D eigenvalue weighted by Crippen LogP contribution is -2.19. The normalized spacial score (nSPS) is 16.4. The van der Waals surface area contributed by atoms with Crippen molar-refractivity contribution in [2.45, 2.75) is 13.3 Å². The second kappa shape index (κ2) is 8.13. The Balaban J connectivity index is 1.89. The van der Waals surface area contributed by atoms with Crippen molar-refractivity contribution in [2.24, 2.45) is 4.99 Å². The number of amides is 1. The third-order valence-electron chi connectivity index (χ3n) is 4.02. The first-order valence-corrected chi connectivity index (χ1v) is 9.16. The number of rotatable bonds is 5. The highest BCUT2D eigenvalue weighted by atomic mass is 32.2. The molecule has 1 aliphatic heterocycles. The summed E-state index contributed by atoms with van der Waals surface area (Å²) in [6, 6.07) is 10.3.